The van der Waals surface area contributed by atoms with Gasteiger partial charge in [0.2, 0.25) is 5.89 Å². The summed E-state index contributed by atoms with van der Waals surface area (Å²) in [4.78, 5) is 17.3. The fourth-order valence-electron chi connectivity index (χ4n) is 3.91. The average molecular weight is 456 g/mol. The monoisotopic (exact) mass is 455 g/mol. The van der Waals surface area contributed by atoms with E-state index in [1.54, 1.807) is 6.07 Å². The van der Waals surface area contributed by atoms with Crippen LogP contribution in [-0.2, 0) is 0 Å². The van der Waals surface area contributed by atoms with Crippen LogP contribution in [0.25, 0.3) is 33.5 Å². The van der Waals surface area contributed by atoms with E-state index in [2.05, 4.69) is 21.7 Å². The summed E-state index contributed by atoms with van der Waals surface area (Å²) in [5, 5.41) is 6.80. The molecule has 0 fully saturated rings. The van der Waals surface area contributed by atoms with Crippen molar-refractivity contribution in [1.29, 1.82) is 0 Å². The Morgan fingerprint density at radius 2 is 1.79 bits per heavy atom. The van der Waals surface area contributed by atoms with E-state index in [4.69, 9.17) is 21.1 Å². The van der Waals surface area contributed by atoms with E-state index in [0.717, 1.165) is 44.4 Å². The third-order valence-electron chi connectivity index (χ3n) is 5.51. The number of nitrogens with one attached hydrogen (secondary N) is 2. The van der Waals surface area contributed by atoms with Gasteiger partial charge in [0, 0.05) is 16.6 Å². The predicted octanol–water partition coefficient (Wildman–Crippen LogP) is 6.29. The maximum absolute atomic E-state index is 12.6. The third kappa shape index (κ3) is 3.99. The first-order valence-corrected chi connectivity index (χ1v) is 10.9. The maximum atomic E-state index is 12.6. The van der Waals surface area contributed by atoms with Gasteiger partial charge >= 0.3 is 0 Å². The fraction of sp³-hybridized carbons (Fsp3) is 0.115. The summed E-state index contributed by atoms with van der Waals surface area (Å²) in [6.45, 7) is 6.00. The number of aryl methyl sites for hydroxylation is 2. The SMILES string of the molecule is Cc1cc(C)c2oc(-c3cccc(NC(=S)NC(=O)c4cc5ccccc5o4)c3C)nc2c1. The van der Waals surface area contributed by atoms with Crippen molar-refractivity contribution < 1.29 is 13.6 Å². The van der Waals surface area contributed by atoms with Gasteiger partial charge in [-0.05, 0) is 80.0 Å². The first-order valence-electron chi connectivity index (χ1n) is 10.5. The largest absolute Gasteiger partial charge is 0.451 e. The highest BCUT2D eigenvalue weighted by Gasteiger charge is 2.17. The van der Waals surface area contributed by atoms with Gasteiger partial charge in [0.25, 0.3) is 5.91 Å². The molecular weight excluding hydrogens is 434 g/mol. The van der Waals surface area contributed by atoms with Gasteiger partial charge < -0.3 is 14.2 Å². The maximum Gasteiger partial charge on any atom is 0.293 e. The van der Waals surface area contributed by atoms with Gasteiger partial charge in [0.05, 0.1) is 0 Å². The Hall–Kier alpha value is -3.97. The zero-order chi connectivity index (χ0) is 23.1. The number of carbonyl (C=O) groups excluding carboxylic acids is 1. The number of nitrogens with zero attached hydrogens (tertiary/aromatic N) is 1. The van der Waals surface area contributed by atoms with Crippen molar-refractivity contribution in [3.05, 3.63) is 83.1 Å². The predicted molar refractivity (Wildman–Crippen MR) is 134 cm³/mol. The number of rotatable bonds is 3. The van der Waals surface area contributed by atoms with Crippen molar-refractivity contribution in [1.82, 2.24) is 10.3 Å². The Balaban J connectivity index is 1.37. The van der Waals surface area contributed by atoms with Gasteiger partial charge in [-0.3, -0.25) is 10.1 Å². The van der Waals surface area contributed by atoms with E-state index in [9.17, 15) is 4.79 Å². The quantitative estimate of drug-likeness (QED) is 0.311. The van der Waals surface area contributed by atoms with Crippen molar-refractivity contribution in [3.8, 4) is 11.5 Å². The number of hydrogen-bond acceptors (Lipinski definition) is 5. The normalized spacial score (nSPS) is 11.1. The summed E-state index contributed by atoms with van der Waals surface area (Å²) in [7, 11) is 0. The molecule has 2 aromatic heterocycles. The molecule has 5 aromatic rings. The lowest BCUT2D eigenvalue weighted by molar-refractivity contribution is 0.0953. The third-order valence-corrected chi connectivity index (χ3v) is 5.71. The molecule has 1 amide bonds. The van der Waals surface area contributed by atoms with Crippen molar-refractivity contribution >= 4 is 51.0 Å². The van der Waals surface area contributed by atoms with Crippen LogP contribution in [0.4, 0.5) is 5.69 Å². The van der Waals surface area contributed by atoms with E-state index in [1.165, 1.54) is 0 Å². The highest BCUT2D eigenvalue weighted by Crippen LogP contribution is 2.32. The molecule has 2 N–H and O–H groups in total. The Morgan fingerprint density at radius 3 is 2.61 bits per heavy atom. The van der Waals surface area contributed by atoms with Crippen LogP contribution in [0, 0.1) is 20.8 Å². The molecule has 33 heavy (non-hydrogen) atoms. The minimum absolute atomic E-state index is 0.171. The number of aromatic nitrogens is 1. The Kier molecular flexibility index (Phi) is 5.18. The highest BCUT2D eigenvalue weighted by molar-refractivity contribution is 7.80. The highest BCUT2D eigenvalue weighted by atomic mass is 32.1. The van der Waals surface area contributed by atoms with Gasteiger partial charge in [-0.1, -0.05) is 30.3 Å². The molecule has 0 bridgehead atoms. The van der Waals surface area contributed by atoms with Crippen LogP contribution in [0.5, 0.6) is 0 Å². The van der Waals surface area contributed by atoms with Crippen LogP contribution in [0.15, 0.2) is 69.5 Å². The van der Waals surface area contributed by atoms with E-state index in [0.29, 0.717) is 11.5 Å². The first kappa shape index (κ1) is 20.9. The molecule has 6 nitrogen and oxygen atoms in total. The number of para-hydroxylation sites is 1. The van der Waals surface area contributed by atoms with Gasteiger partial charge in [-0.15, -0.1) is 0 Å². The lowest BCUT2D eigenvalue weighted by Crippen LogP contribution is -2.34. The number of benzene rings is 3. The molecule has 0 saturated carbocycles. The molecule has 0 radical (unpaired) electrons. The number of furan rings is 1. The molecular formula is C26H21N3O3S. The summed E-state index contributed by atoms with van der Waals surface area (Å²) >= 11 is 5.37. The van der Waals surface area contributed by atoms with Crippen LogP contribution < -0.4 is 10.6 Å². The second kappa shape index (κ2) is 8.18. The van der Waals surface area contributed by atoms with Gasteiger partial charge in [-0.2, -0.15) is 0 Å². The van der Waals surface area contributed by atoms with Crippen LogP contribution in [-0.4, -0.2) is 16.0 Å². The lowest BCUT2D eigenvalue weighted by Gasteiger charge is -2.13. The molecule has 164 valence electrons. The summed E-state index contributed by atoms with van der Waals surface area (Å²) < 4.78 is 11.7. The van der Waals surface area contributed by atoms with E-state index in [1.807, 2.05) is 69.3 Å². The lowest BCUT2D eigenvalue weighted by atomic mass is 10.1. The second-order valence-corrected chi connectivity index (χ2v) is 8.39. The zero-order valence-corrected chi connectivity index (χ0v) is 19.2. The van der Waals surface area contributed by atoms with E-state index in [-0.39, 0.29) is 10.9 Å². The number of thiocarbonyl (C=S) groups is 1. The number of carbonyl (C=O) groups is 1. The van der Waals surface area contributed by atoms with Crippen molar-refractivity contribution in [2.45, 2.75) is 20.8 Å². The molecule has 0 aliphatic heterocycles. The second-order valence-electron chi connectivity index (χ2n) is 7.98. The molecule has 0 aliphatic rings. The number of fused-ring (bicyclic) bond motifs is 2. The summed E-state index contributed by atoms with van der Waals surface area (Å²) in [6.07, 6.45) is 0. The Labute approximate surface area is 195 Å². The molecule has 0 atom stereocenters. The first-order chi connectivity index (χ1) is 15.9. The Morgan fingerprint density at radius 1 is 0.970 bits per heavy atom. The van der Waals surface area contributed by atoms with Crippen molar-refractivity contribution in [2.75, 3.05) is 5.32 Å². The minimum Gasteiger partial charge on any atom is -0.451 e. The zero-order valence-electron chi connectivity index (χ0n) is 18.4. The summed E-state index contributed by atoms with van der Waals surface area (Å²) in [6, 6.07) is 18.9. The van der Waals surface area contributed by atoms with Gasteiger partial charge in [0.1, 0.15) is 11.1 Å². The Bertz CT molecular complexity index is 1510. The van der Waals surface area contributed by atoms with Crippen molar-refractivity contribution in [3.63, 3.8) is 0 Å². The molecule has 0 saturated heterocycles. The molecule has 5 rings (SSSR count). The molecule has 0 unspecified atom stereocenters. The topological polar surface area (TPSA) is 80.3 Å². The van der Waals surface area contributed by atoms with Crippen LogP contribution >= 0.6 is 12.2 Å². The van der Waals surface area contributed by atoms with Gasteiger partial charge in [0.15, 0.2) is 16.5 Å². The summed E-state index contributed by atoms with van der Waals surface area (Å²) in [5.74, 6) is 0.322. The smallest absolute Gasteiger partial charge is 0.293 e. The number of anilines is 1. The van der Waals surface area contributed by atoms with Crippen LogP contribution in [0.2, 0.25) is 0 Å². The summed E-state index contributed by atoms with van der Waals surface area (Å²) in [5.41, 5.74) is 6.93. The molecule has 3 aromatic carbocycles. The average Bonchev–Trinajstić information content (AvgIpc) is 3.39. The van der Waals surface area contributed by atoms with E-state index < -0.39 is 5.91 Å². The van der Waals surface area contributed by atoms with Crippen LogP contribution in [0.3, 0.4) is 0 Å². The number of hydrogen-bond donors (Lipinski definition) is 2. The minimum atomic E-state index is -0.415. The number of oxazole rings is 1. The molecule has 2 heterocycles. The number of amides is 1. The fourth-order valence-corrected chi connectivity index (χ4v) is 4.11. The van der Waals surface area contributed by atoms with Gasteiger partial charge in [-0.25, -0.2) is 4.98 Å². The van der Waals surface area contributed by atoms with Crippen LogP contribution in [0.1, 0.15) is 27.2 Å². The van der Waals surface area contributed by atoms with Crippen molar-refractivity contribution in [2.24, 2.45) is 0 Å². The standard InChI is InChI=1S/C26H21N3O3S/c1-14-11-15(2)23-20(12-14)27-25(32-23)18-8-6-9-19(16(18)3)28-26(33)29-24(30)22-13-17-7-4-5-10-21(17)31-22/h4-13H,1-3H3,(H2,28,29,30,33). The molecule has 0 aliphatic carbocycles. The molecule has 7 heteroatoms. The molecule has 0 spiro atoms. The van der Waals surface area contributed by atoms with E-state index >= 15 is 0 Å².